The van der Waals surface area contributed by atoms with Crippen molar-refractivity contribution in [1.82, 2.24) is 10.0 Å². The molecule has 3 N–H and O–H groups in total. The fourth-order valence-electron chi connectivity index (χ4n) is 1.72. The van der Waals surface area contributed by atoms with Gasteiger partial charge in [0.05, 0.1) is 16.3 Å². The largest absolute Gasteiger partial charge is 0.313 e. The second-order valence-corrected chi connectivity index (χ2v) is 8.74. The number of nitrogens with one attached hydrogen (secondary N) is 3. The Labute approximate surface area is 148 Å². The number of likely N-dealkylation sites (N-methyl/N-ethyl adjacent to an activating group) is 1. The summed E-state index contributed by atoms with van der Waals surface area (Å²) in [6.45, 7) is 5.98. The molecule has 0 heterocycles. The average molecular weight is 404 g/mol. The van der Waals surface area contributed by atoms with Crippen molar-refractivity contribution >= 4 is 38.1 Å². The highest BCUT2D eigenvalue weighted by atomic mass is 35.5. The van der Waals surface area contributed by atoms with Gasteiger partial charge in [-0.15, -0.1) is 12.4 Å². The van der Waals surface area contributed by atoms with Crippen LogP contribution in [0, 0.1) is 5.82 Å². The predicted octanol–water partition coefficient (Wildman–Crippen LogP) is 1.29. The van der Waals surface area contributed by atoms with Gasteiger partial charge in [-0.2, -0.15) is 0 Å². The topological polar surface area (TPSA) is 104 Å². The van der Waals surface area contributed by atoms with Crippen LogP contribution < -0.4 is 14.8 Å². The van der Waals surface area contributed by atoms with E-state index in [9.17, 15) is 21.2 Å². The Kier molecular flexibility index (Phi) is 9.15. The highest BCUT2D eigenvalue weighted by Crippen LogP contribution is 2.20. The first-order valence-electron chi connectivity index (χ1n) is 7.14. The van der Waals surface area contributed by atoms with Gasteiger partial charge in [0.15, 0.2) is 0 Å². The summed E-state index contributed by atoms with van der Waals surface area (Å²) in [6, 6.07) is 2.95. The summed E-state index contributed by atoms with van der Waals surface area (Å²) in [6.07, 6.45) is 0. The number of rotatable bonds is 9. The van der Waals surface area contributed by atoms with Crippen LogP contribution in [-0.4, -0.2) is 41.7 Å². The summed E-state index contributed by atoms with van der Waals surface area (Å²) < 4.78 is 65.4. The zero-order valence-electron chi connectivity index (χ0n) is 13.7. The third-order valence-corrected chi connectivity index (χ3v) is 5.74. The van der Waals surface area contributed by atoms with E-state index >= 15 is 0 Å². The van der Waals surface area contributed by atoms with E-state index in [4.69, 9.17) is 0 Å². The molecule has 0 aliphatic heterocycles. The van der Waals surface area contributed by atoms with Gasteiger partial charge in [0.25, 0.3) is 0 Å². The van der Waals surface area contributed by atoms with Crippen LogP contribution in [-0.2, 0) is 20.0 Å². The summed E-state index contributed by atoms with van der Waals surface area (Å²) in [5, 5.41) is 3.04. The maximum atomic E-state index is 13.9. The van der Waals surface area contributed by atoms with Gasteiger partial charge in [-0.05, 0) is 38.6 Å². The molecular weight excluding hydrogens is 381 g/mol. The number of hydrogen-bond acceptors (Lipinski definition) is 5. The van der Waals surface area contributed by atoms with Crippen molar-refractivity contribution in [2.75, 3.05) is 23.6 Å². The molecule has 24 heavy (non-hydrogen) atoms. The fraction of sp³-hybridized carbons (Fsp3) is 0.538. The van der Waals surface area contributed by atoms with E-state index in [1.807, 2.05) is 13.8 Å². The van der Waals surface area contributed by atoms with Crippen molar-refractivity contribution < 1.29 is 21.2 Å². The zero-order chi connectivity index (χ0) is 17.7. The minimum absolute atomic E-state index is 0. The second kappa shape index (κ2) is 9.52. The first-order valence-corrected chi connectivity index (χ1v) is 10.3. The molecule has 1 atom stereocenters. The molecule has 0 unspecified atom stereocenters. The van der Waals surface area contributed by atoms with E-state index in [2.05, 4.69) is 14.8 Å². The molecule has 0 amide bonds. The summed E-state index contributed by atoms with van der Waals surface area (Å²) in [5.74, 6) is -1.17. The first-order chi connectivity index (χ1) is 10.6. The van der Waals surface area contributed by atoms with Gasteiger partial charge in [0.2, 0.25) is 20.0 Å². The molecule has 140 valence electrons. The number of anilines is 1. The Balaban J connectivity index is 0.00000529. The molecular formula is C13H23ClFN3O4S2. The van der Waals surface area contributed by atoms with E-state index in [1.165, 1.54) is 6.92 Å². The fourth-order valence-corrected chi connectivity index (χ4v) is 3.51. The standard InChI is InChI=1S/C13H22FN3O4S2.ClH/c1-4-15-10(3)9-16-23(20,21)11-6-7-13(12(14)8-11)17-22(18,19)5-2;/h6-8,10,15-17H,4-5,9H2,1-3H3;1H/t10-;/m1./s1. The van der Waals surface area contributed by atoms with Gasteiger partial charge in [-0.25, -0.2) is 25.9 Å². The van der Waals surface area contributed by atoms with Crippen LogP contribution >= 0.6 is 12.4 Å². The SMILES string of the molecule is CCN[C@H](C)CNS(=O)(=O)c1ccc(NS(=O)(=O)CC)c(F)c1.Cl. The Morgan fingerprint density at radius 3 is 2.29 bits per heavy atom. The van der Waals surface area contributed by atoms with Crippen LogP contribution in [0.1, 0.15) is 20.8 Å². The summed E-state index contributed by atoms with van der Waals surface area (Å²) >= 11 is 0. The minimum atomic E-state index is -3.87. The third-order valence-electron chi connectivity index (χ3n) is 3.03. The number of hydrogen-bond donors (Lipinski definition) is 3. The molecule has 0 aliphatic carbocycles. The lowest BCUT2D eigenvalue weighted by Crippen LogP contribution is -2.38. The lowest BCUT2D eigenvalue weighted by atomic mass is 10.3. The van der Waals surface area contributed by atoms with Crippen LogP contribution in [0.25, 0.3) is 0 Å². The molecule has 1 aromatic rings. The molecule has 0 aliphatic rings. The summed E-state index contributed by atoms with van der Waals surface area (Å²) in [7, 11) is -7.50. The van der Waals surface area contributed by atoms with Crippen molar-refractivity contribution in [1.29, 1.82) is 0 Å². The summed E-state index contributed by atoms with van der Waals surface area (Å²) in [5.41, 5.74) is -0.285. The van der Waals surface area contributed by atoms with Gasteiger partial charge >= 0.3 is 0 Å². The lowest BCUT2D eigenvalue weighted by molar-refractivity contribution is 0.535. The van der Waals surface area contributed by atoms with Crippen molar-refractivity contribution in [3.8, 4) is 0 Å². The first kappa shape index (κ1) is 23.1. The van der Waals surface area contributed by atoms with Gasteiger partial charge in [-0.1, -0.05) is 6.92 Å². The Bertz CT molecular complexity index is 742. The smallest absolute Gasteiger partial charge is 0.240 e. The van der Waals surface area contributed by atoms with Crippen LogP contribution in [0.15, 0.2) is 23.1 Å². The van der Waals surface area contributed by atoms with Gasteiger partial charge in [0, 0.05) is 12.6 Å². The van der Waals surface area contributed by atoms with Gasteiger partial charge in [-0.3, -0.25) is 4.72 Å². The Morgan fingerprint density at radius 2 is 1.79 bits per heavy atom. The number of sulfonamides is 2. The van der Waals surface area contributed by atoms with E-state index in [-0.39, 0.29) is 41.3 Å². The quantitative estimate of drug-likeness (QED) is 0.576. The summed E-state index contributed by atoms with van der Waals surface area (Å²) in [4.78, 5) is -0.266. The van der Waals surface area contributed by atoms with Crippen LogP contribution in [0.4, 0.5) is 10.1 Å². The molecule has 0 fully saturated rings. The van der Waals surface area contributed by atoms with E-state index in [1.54, 1.807) is 0 Å². The second-order valence-electron chi connectivity index (χ2n) is 4.96. The van der Waals surface area contributed by atoms with E-state index in [0.29, 0.717) is 6.54 Å². The monoisotopic (exact) mass is 403 g/mol. The number of benzene rings is 1. The van der Waals surface area contributed by atoms with Crippen molar-refractivity contribution in [2.45, 2.75) is 31.7 Å². The lowest BCUT2D eigenvalue weighted by Gasteiger charge is -2.14. The molecule has 0 bridgehead atoms. The van der Waals surface area contributed by atoms with Crippen LogP contribution in [0.3, 0.4) is 0 Å². The molecule has 7 nitrogen and oxygen atoms in total. The molecule has 0 saturated carbocycles. The Hall–Kier alpha value is -0.940. The normalized spacial score (nSPS) is 13.2. The zero-order valence-corrected chi connectivity index (χ0v) is 16.1. The van der Waals surface area contributed by atoms with Gasteiger partial charge < -0.3 is 5.32 Å². The van der Waals surface area contributed by atoms with Crippen molar-refractivity contribution in [3.63, 3.8) is 0 Å². The predicted molar refractivity (Wildman–Crippen MR) is 95.1 cm³/mol. The van der Waals surface area contributed by atoms with Gasteiger partial charge in [0.1, 0.15) is 5.82 Å². The maximum Gasteiger partial charge on any atom is 0.240 e. The molecule has 0 saturated heterocycles. The van der Waals surface area contributed by atoms with Crippen molar-refractivity contribution in [2.24, 2.45) is 0 Å². The average Bonchev–Trinajstić information content (AvgIpc) is 2.47. The molecule has 0 aromatic heterocycles. The minimum Gasteiger partial charge on any atom is -0.313 e. The Morgan fingerprint density at radius 1 is 1.17 bits per heavy atom. The molecule has 0 radical (unpaired) electrons. The van der Waals surface area contributed by atoms with Crippen LogP contribution in [0.5, 0.6) is 0 Å². The highest BCUT2D eigenvalue weighted by Gasteiger charge is 2.18. The number of halogens is 2. The van der Waals surface area contributed by atoms with Crippen LogP contribution in [0.2, 0.25) is 0 Å². The third kappa shape index (κ3) is 6.89. The van der Waals surface area contributed by atoms with Crippen molar-refractivity contribution in [3.05, 3.63) is 24.0 Å². The molecule has 1 aromatic carbocycles. The molecule has 0 spiro atoms. The highest BCUT2D eigenvalue weighted by molar-refractivity contribution is 7.92. The van der Waals surface area contributed by atoms with E-state index < -0.39 is 25.9 Å². The molecule has 11 heteroatoms. The maximum absolute atomic E-state index is 13.9. The molecule has 1 rings (SSSR count). The van der Waals surface area contributed by atoms with E-state index in [0.717, 1.165) is 18.2 Å².